The Balaban J connectivity index is 1.45. The first-order valence-electron chi connectivity index (χ1n) is 14.4. The molecular formula is C33H34ClN7O4. The van der Waals surface area contributed by atoms with Gasteiger partial charge >= 0.3 is 0 Å². The lowest BCUT2D eigenvalue weighted by atomic mass is 9.99. The molecule has 5 aromatic rings. The number of aromatic hydroxyl groups is 1. The third-order valence-electron chi connectivity index (χ3n) is 7.64. The van der Waals surface area contributed by atoms with Gasteiger partial charge in [-0.25, -0.2) is 0 Å². The van der Waals surface area contributed by atoms with Gasteiger partial charge in [0.1, 0.15) is 17.5 Å². The summed E-state index contributed by atoms with van der Waals surface area (Å²) in [6.07, 6.45) is 3.34. The predicted molar refractivity (Wildman–Crippen MR) is 173 cm³/mol. The Kier molecular flexibility index (Phi) is 8.92. The molecule has 0 aliphatic rings. The lowest BCUT2D eigenvalue weighted by Crippen LogP contribution is -2.45. The van der Waals surface area contributed by atoms with Crippen molar-refractivity contribution in [3.63, 3.8) is 0 Å². The van der Waals surface area contributed by atoms with E-state index in [-0.39, 0.29) is 29.5 Å². The maximum Gasteiger partial charge on any atom is 0.270 e. The molecule has 0 saturated carbocycles. The molecule has 0 fully saturated rings. The summed E-state index contributed by atoms with van der Waals surface area (Å²) in [5.41, 5.74) is 5.63. The highest BCUT2D eigenvalue weighted by atomic mass is 35.5. The van der Waals surface area contributed by atoms with Gasteiger partial charge in [0.15, 0.2) is 0 Å². The van der Waals surface area contributed by atoms with E-state index in [0.717, 1.165) is 28.1 Å². The highest BCUT2D eigenvalue weighted by molar-refractivity contribution is 6.31. The van der Waals surface area contributed by atoms with Crippen LogP contribution in [-0.4, -0.2) is 47.5 Å². The number of nitrogens with zero attached hydrogens (tertiary/aromatic N) is 4. The smallest absolute Gasteiger partial charge is 0.270 e. The summed E-state index contributed by atoms with van der Waals surface area (Å²) < 4.78 is 3.06. The first-order valence-corrected chi connectivity index (χ1v) is 14.8. The van der Waals surface area contributed by atoms with Crippen LogP contribution in [0.2, 0.25) is 5.02 Å². The zero-order valence-electron chi connectivity index (χ0n) is 25.6. The van der Waals surface area contributed by atoms with Gasteiger partial charge in [-0.1, -0.05) is 17.7 Å². The van der Waals surface area contributed by atoms with Gasteiger partial charge in [-0.2, -0.15) is 10.2 Å². The van der Waals surface area contributed by atoms with Gasteiger partial charge in [-0.15, -0.1) is 0 Å². The first kappa shape index (κ1) is 31.3. The fourth-order valence-electron chi connectivity index (χ4n) is 5.24. The summed E-state index contributed by atoms with van der Waals surface area (Å²) in [5, 5.41) is 28.0. The largest absolute Gasteiger partial charge is 0.507 e. The molecule has 0 aliphatic carbocycles. The lowest BCUT2D eigenvalue weighted by Gasteiger charge is -2.20. The van der Waals surface area contributed by atoms with Crippen molar-refractivity contribution in [1.29, 1.82) is 0 Å². The van der Waals surface area contributed by atoms with Crippen molar-refractivity contribution in [2.45, 2.75) is 46.2 Å². The molecule has 0 aliphatic heterocycles. The zero-order chi connectivity index (χ0) is 32.4. The van der Waals surface area contributed by atoms with Crippen LogP contribution in [0.1, 0.15) is 47.3 Å². The summed E-state index contributed by atoms with van der Waals surface area (Å²) in [7, 11) is 1.63. The predicted octanol–water partition coefficient (Wildman–Crippen LogP) is 5.18. The van der Waals surface area contributed by atoms with Gasteiger partial charge in [0, 0.05) is 71.6 Å². The summed E-state index contributed by atoms with van der Waals surface area (Å²) >= 11 is 6.62. The molecule has 0 spiro atoms. The van der Waals surface area contributed by atoms with E-state index in [1.54, 1.807) is 48.1 Å². The number of nitrogens with one attached hydrogen (secondary N) is 3. The Morgan fingerprint density at radius 2 is 1.80 bits per heavy atom. The molecule has 232 valence electrons. The molecule has 5 rings (SSSR count). The highest BCUT2D eigenvalue weighted by Crippen LogP contribution is 2.35. The number of hydrogen-bond acceptors (Lipinski definition) is 6. The van der Waals surface area contributed by atoms with E-state index >= 15 is 0 Å². The number of carbonyl (C=O) groups is 2. The number of pyridine rings is 1. The van der Waals surface area contributed by atoms with E-state index in [0.29, 0.717) is 21.8 Å². The molecule has 3 heterocycles. The molecule has 2 aromatic carbocycles. The van der Waals surface area contributed by atoms with Crippen molar-refractivity contribution in [2.75, 3.05) is 5.32 Å². The number of aromatic nitrogens is 5. The SMILES string of the molecule is Cc1n[nH]c(C)c1-c1ccc(NC(=O)C(Cc2cc(-c3ccc(=O)n(C(C)C)c3)ccc2Cl)NC(=O)c2ccnn2C)cc1O. The quantitative estimate of drug-likeness (QED) is 0.177. The normalized spacial score (nSPS) is 11.9. The number of hydrogen-bond donors (Lipinski definition) is 4. The monoisotopic (exact) mass is 627 g/mol. The van der Waals surface area contributed by atoms with Gasteiger partial charge in [0.2, 0.25) is 5.91 Å². The number of anilines is 1. The zero-order valence-corrected chi connectivity index (χ0v) is 26.3. The van der Waals surface area contributed by atoms with E-state index in [2.05, 4.69) is 25.9 Å². The second-order valence-corrected chi connectivity index (χ2v) is 11.6. The average molecular weight is 628 g/mol. The summed E-state index contributed by atoms with van der Waals surface area (Å²) in [5.74, 6) is -1.03. The van der Waals surface area contributed by atoms with Gasteiger partial charge in [0.25, 0.3) is 11.5 Å². The number of amides is 2. The molecule has 0 saturated heterocycles. The van der Waals surface area contributed by atoms with E-state index in [4.69, 9.17) is 11.6 Å². The Labute approximate surface area is 264 Å². The van der Waals surface area contributed by atoms with Crippen LogP contribution in [0.25, 0.3) is 22.3 Å². The Morgan fingerprint density at radius 3 is 2.44 bits per heavy atom. The fraction of sp³-hybridized carbons (Fsp3) is 0.242. The molecule has 0 radical (unpaired) electrons. The summed E-state index contributed by atoms with van der Waals surface area (Å²) in [4.78, 5) is 39.3. The average Bonchev–Trinajstić information content (AvgIpc) is 3.58. The molecule has 0 bridgehead atoms. The molecular weight excluding hydrogens is 594 g/mol. The third-order valence-corrected chi connectivity index (χ3v) is 8.00. The van der Waals surface area contributed by atoms with Crippen LogP contribution in [0, 0.1) is 13.8 Å². The van der Waals surface area contributed by atoms with Crippen LogP contribution in [0.4, 0.5) is 5.69 Å². The maximum absolute atomic E-state index is 13.7. The van der Waals surface area contributed by atoms with E-state index in [1.165, 1.54) is 23.0 Å². The van der Waals surface area contributed by atoms with Crippen molar-refractivity contribution in [2.24, 2.45) is 7.05 Å². The summed E-state index contributed by atoms with van der Waals surface area (Å²) in [6.45, 7) is 7.56. The fourth-order valence-corrected chi connectivity index (χ4v) is 5.44. The van der Waals surface area contributed by atoms with Crippen LogP contribution in [0.15, 0.2) is 71.8 Å². The van der Waals surface area contributed by atoms with Gasteiger partial charge in [-0.05, 0) is 80.8 Å². The number of carbonyl (C=O) groups excluding carboxylic acids is 2. The number of benzene rings is 2. The van der Waals surface area contributed by atoms with Crippen molar-refractivity contribution >= 4 is 29.1 Å². The van der Waals surface area contributed by atoms with Crippen LogP contribution in [0.5, 0.6) is 5.75 Å². The molecule has 3 aromatic heterocycles. The van der Waals surface area contributed by atoms with Gasteiger partial charge in [-0.3, -0.25) is 24.2 Å². The Bertz CT molecular complexity index is 1940. The standard InChI is InChI=1S/C33H34ClN7O4/c1-18(2)41-17-22(7-11-30(41)43)21-6-10-26(34)23(14-21)15-27(37-33(45)28-12-13-35-40(28)5)32(44)36-24-8-9-25(29(42)16-24)31-19(3)38-39-20(31)4/h6-14,16-18,27,42H,15H2,1-5H3,(H,36,44)(H,37,45)(H,38,39). The molecule has 4 N–H and O–H groups in total. The van der Waals surface area contributed by atoms with Crippen LogP contribution in [-0.2, 0) is 18.3 Å². The Morgan fingerprint density at radius 1 is 1.04 bits per heavy atom. The van der Waals surface area contributed by atoms with Crippen molar-refractivity contribution < 1.29 is 14.7 Å². The van der Waals surface area contributed by atoms with Crippen molar-refractivity contribution in [3.8, 4) is 28.0 Å². The molecule has 1 atom stereocenters. The number of halogens is 1. The topological polar surface area (TPSA) is 147 Å². The second kappa shape index (κ2) is 12.8. The van der Waals surface area contributed by atoms with Gasteiger partial charge < -0.3 is 20.3 Å². The van der Waals surface area contributed by atoms with Crippen molar-refractivity contribution in [1.82, 2.24) is 29.9 Å². The summed E-state index contributed by atoms with van der Waals surface area (Å²) in [6, 6.07) is 14.0. The third kappa shape index (κ3) is 6.68. The minimum Gasteiger partial charge on any atom is -0.507 e. The first-order chi connectivity index (χ1) is 21.4. The molecule has 1 unspecified atom stereocenters. The molecule has 2 amide bonds. The van der Waals surface area contributed by atoms with Crippen LogP contribution < -0.4 is 16.2 Å². The number of aryl methyl sites for hydroxylation is 3. The molecule has 45 heavy (non-hydrogen) atoms. The highest BCUT2D eigenvalue weighted by Gasteiger charge is 2.25. The van der Waals surface area contributed by atoms with E-state index < -0.39 is 17.9 Å². The number of aromatic amines is 1. The van der Waals surface area contributed by atoms with Crippen molar-refractivity contribution in [3.05, 3.63) is 105 Å². The second-order valence-electron chi connectivity index (χ2n) is 11.2. The maximum atomic E-state index is 13.7. The number of rotatable bonds is 9. The Hall–Kier alpha value is -5.16. The minimum absolute atomic E-state index is 0.0271. The molecule has 11 nitrogen and oxygen atoms in total. The van der Waals surface area contributed by atoms with E-state index in [9.17, 15) is 19.5 Å². The number of H-pyrrole nitrogens is 1. The number of phenols is 1. The van der Waals surface area contributed by atoms with Gasteiger partial charge in [0.05, 0.1) is 5.69 Å². The van der Waals surface area contributed by atoms with Crippen LogP contribution in [0.3, 0.4) is 0 Å². The minimum atomic E-state index is -1.05. The lowest BCUT2D eigenvalue weighted by molar-refractivity contribution is -0.118. The van der Waals surface area contributed by atoms with Crippen LogP contribution >= 0.6 is 11.6 Å². The van der Waals surface area contributed by atoms with E-state index in [1.807, 2.05) is 39.8 Å². The molecule has 12 heteroatoms. The number of phenolic OH excluding ortho intramolecular Hbond substituents is 1.